The smallest absolute Gasteiger partial charge is 0.0583 e. The van der Waals surface area contributed by atoms with Crippen LogP contribution in [0.3, 0.4) is 0 Å². The Labute approximate surface area is 132 Å². The van der Waals surface area contributed by atoms with E-state index in [1.54, 1.807) is 0 Å². The van der Waals surface area contributed by atoms with Crippen molar-refractivity contribution in [1.29, 1.82) is 0 Å². The predicted octanol–water partition coefficient (Wildman–Crippen LogP) is 3.91. The summed E-state index contributed by atoms with van der Waals surface area (Å²) in [6.45, 7) is 4.83. The first-order valence-electron chi connectivity index (χ1n) is 8.39. The Morgan fingerprint density at radius 1 is 0.818 bits per heavy atom. The largest absolute Gasteiger partial charge is 0.393 e. The second-order valence-electron chi connectivity index (χ2n) is 7.91. The molecule has 0 aromatic heterocycles. The minimum absolute atomic E-state index is 0.116. The fourth-order valence-corrected chi connectivity index (χ4v) is 6.93. The Morgan fingerprint density at radius 2 is 1.32 bits per heavy atom. The SMILES string of the molecule is CC1(C)[C@]2(c3ccccc3)[C@H]3C[C@H](O)[C@@H]3[C@]12c1ccccc1. The lowest BCUT2D eigenvalue weighted by molar-refractivity contribution is -0.133. The van der Waals surface area contributed by atoms with E-state index in [-0.39, 0.29) is 22.3 Å². The normalized spacial score (nSPS) is 43.3. The molecule has 0 spiro atoms. The van der Waals surface area contributed by atoms with Gasteiger partial charge in [-0.2, -0.15) is 0 Å². The summed E-state index contributed by atoms with van der Waals surface area (Å²) in [7, 11) is 0. The van der Waals surface area contributed by atoms with Gasteiger partial charge in [0.1, 0.15) is 0 Å². The Balaban J connectivity index is 1.76. The average molecular weight is 290 g/mol. The van der Waals surface area contributed by atoms with E-state index in [1.165, 1.54) is 11.1 Å². The van der Waals surface area contributed by atoms with Crippen molar-refractivity contribution in [3.8, 4) is 0 Å². The van der Waals surface area contributed by atoms with Crippen LogP contribution in [0.25, 0.3) is 0 Å². The molecule has 1 nitrogen and oxygen atoms in total. The first kappa shape index (κ1) is 12.9. The summed E-state index contributed by atoms with van der Waals surface area (Å²) >= 11 is 0. The number of hydrogen-bond donors (Lipinski definition) is 1. The Hall–Kier alpha value is -1.60. The van der Waals surface area contributed by atoms with Crippen LogP contribution < -0.4 is 0 Å². The number of aliphatic hydroxyl groups excluding tert-OH is 1. The van der Waals surface area contributed by atoms with E-state index in [0.29, 0.717) is 11.8 Å². The van der Waals surface area contributed by atoms with Crippen LogP contribution in [0.2, 0.25) is 0 Å². The lowest BCUT2D eigenvalue weighted by Crippen LogP contribution is -2.64. The Bertz CT molecular complexity index is 735. The van der Waals surface area contributed by atoms with Crippen molar-refractivity contribution in [2.24, 2.45) is 17.3 Å². The molecule has 3 saturated carbocycles. The van der Waals surface area contributed by atoms with Gasteiger partial charge in [-0.15, -0.1) is 0 Å². The molecule has 5 rings (SSSR count). The summed E-state index contributed by atoms with van der Waals surface area (Å²) in [5, 5.41) is 10.5. The second kappa shape index (κ2) is 3.65. The fraction of sp³-hybridized carbons (Fsp3) is 0.429. The molecule has 0 aliphatic heterocycles. The molecule has 1 N–H and O–H groups in total. The molecule has 5 atom stereocenters. The van der Waals surface area contributed by atoms with E-state index in [1.807, 2.05) is 0 Å². The zero-order valence-electron chi connectivity index (χ0n) is 13.2. The van der Waals surface area contributed by atoms with Crippen molar-refractivity contribution in [1.82, 2.24) is 0 Å². The summed E-state index contributed by atoms with van der Waals surface area (Å²) in [5.74, 6) is 1.07. The first-order valence-corrected chi connectivity index (χ1v) is 8.39. The Morgan fingerprint density at radius 3 is 1.82 bits per heavy atom. The monoisotopic (exact) mass is 290 g/mol. The number of aliphatic hydroxyl groups is 1. The van der Waals surface area contributed by atoms with Crippen LogP contribution >= 0.6 is 0 Å². The number of fused-ring (bicyclic) bond motifs is 4. The lowest BCUT2D eigenvalue weighted by atomic mass is 9.43. The van der Waals surface area contributed by atoms with Crippen LogP contribution in [-0.2, 0) is 10.8 Å². The third kappa shape index (κ3) is 0.980. The van der Waals surface area contributed by atoms with Gasteiger partial charge in [0.15, 0.2) is 0 Å². The van der Waals surface area contributed by atoms with Gasteiger partial charge in [0.25, 0.3) is 0 Å². The summed E-state index contributed by atoms with van der Waals surface area (Å²) in [4.78, 5) is 0. The third-order valence-electron chi connectivity index (χ3n) is 7.39. The van der Waals surface area contributed by atoms with E-state index in [9.17, 15) is 5.11 Å². The highest BCUT2D eigenvalue weighted by atomic mass is 16.3. The van der Waals surface area contributed by atoms with E-state index < -0.39 is 0 Å². The zero-order chi connectivity index (χ0) is 15.2. The van der Waals surface area contributed by atoms with Gasteiger partial charge in [-0.3, -0.25) is 0 Å². The average Bonchev–Trinajstić information content (AvgIpc) is 2.91. The van der Waals surface area contributed by atoms with Gasteiger partial charge in [-0.05, 0) is 34.8 Å². The fourth-order valence-electron chi connectivity index (χ4n) is 6.93. The minimum Gasteiger partial charge on any atom is -0.393 e. The van der Waals surface area contributed by atoms with Crippen molar-refractivity contribution in [2.45, 2.75) is 37.2 Å². The molecule has 0 unspecified atom stereocenters. The minimum atomic E-state index is -0.121. The molecule has 1 heteroatoms. The molecule has 3 fully saturated rings. The maximum Gasteiger partial charge on any atom is 0.0583 e. The molecule has 2 aromatic carbocycles. The molecule has 2 aromatic rings. The molecule has 3 aliphatic rings. The zero-order valence-corrected chi connectivity index (χ0v) is 13.2. The molecule has 0 amide bonds. The van der Waals surface area contributed by atoms with Crippen LogP contribution in [0.1, 0.15) is 31.4 Å². The summed E-state index contributed by atoms with van der Waals surface area (Å²) in [6.07, 6.45) is 0.848. The van der Waals surface area contributed by atoms with Gasteiger partial charge in [0, 0.05) is 10.8 Å². The van der Waals surface area contributed by atoms with Gasteiger partial charge < -0.3 is 5.11 Å². The van der Waals surface area contributed by atoms with Crippen molar-refractivity contribution in [3.05, 3.63) is 71.8 Å². The van der Waals surface area contributed by atoms with Crippen molar-refractivity contribution < 1.29 is 5.11 Å². The second-order valence-corrected chi connectivity index (χ2v) is 7.91. The summed E-state index contributed by atoms with van der Waals surface area (Å²) in [5.41, 5.74) is 3.42. The standard InChI is InChI=1S/C21H22O/c1-19(2)20(14-9-5-3-6-10-14)16-13-17(22)18(16)21(19,20)15-11-7-4-8-12-15/h3-12,16-18,22H,13H2,1-2H3/t16-,17-,18+,20-,21+/m0/s1. The quantitative estimate of drug-likeness (QED) is 0.889. The van der Waals surface area contributed by atoms with Gasteiger partial charge in [0.2, 0.25) is 0 Å². The highest BCUT2D eigenvalue weighted by Gasteiger charge is 2.98. The van der Waals surface area contributed by atoms with Crippen LogP contribution in [-0.4, -0.2) is 11.2 Å². The van der Waals surface area contributed by atoms with Crippen LogP contribution in [0, 0.1) is 17.3 Å². The molecule has 0 bridgehead atoms. The van der Waals surface area contributed by atoms with Crippen LogP contribution in [0.5, 0.6) is 0 Å². The molecular formula is C21H22O. The Kier molecular flexibility index (Phi) is 2.14. The van der Waals surface area contributed by atoms with Crippen molar-refractivity contribution >= 4 is 0 Å². The first-order chi connectivity index (χ1) is 10.6. The van der Waals surface area contributed by atoms with Crippen LogP contribution in [0.15, 0.2) is 60.7 Å². The van der Waals surface area contributed by atoms with E-state index >= 15 is 0 Å². The highest BCUT2D eigenvalue weighted by molar-refractivity contribution is 5.65. The molecule has 112 valence electrons. The summed E-state index contributed by atoms with van der Waals surface area (Å²) in [6, 6.07) is 22.0. The van der Waals surface area contributed by atoms with Gasteiger partial charge in [-0.25, -0.2) is 0 Å². The lowest BCUT2D eigenvalue weighted by Gasteiger charge is -2.61. The van der Waals surface area contributed by atoms with Gasteiger partial charge in [-0.1, -0.05) is 74.5 Å². The van der Waals surface area contributed by atoms with Crippen molar-refractivity contribution in [2.75, 3.05) is 0 Å². The molecular weight excluding hydrogens is 268 g/mol. The van der Waals surface area contributed by atoms with E-state index in [4.69, 9.17) is 0 Å². The van der Waals surface area contributed by atoms with Gasteiger partial charge in [0.05, 0.1) is 6.10 Å². The van der Waals surface area contributed by atoms with E-state index in [2.05, 4.69) is 74.5 Å². The molecule has 22 heavy (non-hydrogen) atoms. The predicted molar refractivity (Wildman–Crippen MR) is 87.6 cm³/mol. The summed E-state index contributed by atoms with van der Waals surface area (Å²) < 4.78 is 0. The van der Waals surface area contributed by atoms with Gasteiger partial charge >= 0.3 is 0 Å². The van der Waals surface area contributed by atoms with Crippen LogP contribution in [0.4, 0.5) is 0 Å². The molecule has 3 aliphatic carbocycles. The number of benzene rings is 2. The molecule has 0 saturated heterocycles. The molecule has 0 heterocycles. The maximum atomic E-state index is 10.5. The van der Waals surface area contributed by atoms with Crippen molar-refractivity contribution in [3.63, 3.8) is 0 Å². The third-order valence-corrected chi connectivity index (χ3v) is 7.39. The number of rotatable bonds is 2. The maximum absolute atomic E-state index is 10.5. The topological polar surface area (TPSA) is 20.2 Å². The van der Waals surface area contributed by atoms with E-state index in [0.717, 1.165) is 6.42 Å². The number of hydrogen-bond acceptors (Lipinski definition) is 1. The molecule has 0 radical (unpaired) electrons. The highest BCUT2D eigenvalue weighted by Crippen LogP contribution is 2.96.